The summed E-state index contributed by atoms with van der Waals surface area (Å²) in [5.41, 5.74) is 0.735. The Balaban J connectivity index is 2.12. The number of methoxy groups -OCH3 is 1. The van der Waals surface area contributed by atoms with E-state index >= 15 is 0 Å². The molecule has 0 radical (unpaired) electrons. The molecule has 1 aliphatic rings. The first-order valence-corrected chi connectivity index (χ1v) is 7.71. The second-order valence-corrected chi connectivity index (χ2v) is 5.14. The van der Waals surface area contributed by atoms with E-state index in [2.05, 4.69) is 0 Å². The van der Waals surface area contributed by atoms with Gasteiger partial charge in [0.1, 0.15) is 13.2 Å². The average Bonchev–Trinajstić information content (AvgIpc) is 2.59. The monoisotopic (exact) mass is 335 g/mol. The van der Waals surface area contributed by atoms with Gasteiger partial charge in [0, 0.05) is 19.2 Å². The third-order valence-corrected chi connectivity index (χ3v) is 3.56. The second kappa shape index (κ2) is 8.24. The molecule has 1 heterocycles. The minimum Gasteiger partial charge on any atom is -0.493 e. The van der Waals surface area contributed by atoms with E-state index in [1.807, 2.05) is 0 Å². The van der Waals surface area contributed by atoms with E-state index in [0.29, 0.717) is 37.0 Å². The summed E-state index contributed by atoms with van der Waals surface area (Å²) in [5.74, 6) is 0.502. The highest BCUT2D eigenvalue weighted by Gasteiger charge is 2.18. The normalized spacial score (nSPS) is 12.9. The lowest BCUT2D eigenvalue weighted by atomic mass is 10.1. The number of carbonyl (C=O) groups excluding carboxylic acids is 1. The Kier molecular flexibility index (Phi) is 6.06. The summed E-state index contributed by atoms with van der Waals surface area (Å²) in [5, 5.41) is 8.72. The van der Waals surface area contributed by atoms with Crippen LogP contribution in [0.4, 0.5) is 0 Å². The Morgan fingerprint density at radius 1 is 1.33 bits per heavy atom. The number of rotatable bonds is 7. The number of likely N-dealkylation sites (N-methyl/N-ethyl adjacent to an activating group) is 1. The molecule has 24 heavy (non-hydrogen) atoms. The number of carboxylic acids is 1. The van der Waals surface area contributed by atoms with Crippen molar-refractivity contribution in [3.05, 3.63) is 23.8 Å². The van der Waals surface area contributed by atoms with E-state index in [1.165, 1.54) is 18.1 Å². The molecule has 130 valence electrons. The molecule has 7 heteroatoms. The van der Waals surface area contributed by atoms with Gasteiger partial charge in [-0.1, -0.05) is 0 Å². The Morgan fingerprint density at radius 2 is 2.08 bits per heavy atom. The molecule has 0 saturated heterocycles. The molecule has 0 saturated carbocycles. The van der Waals surface area contributed by atoms with Crippen LogP contribution in [0.15, 0.2) is 18.2 Å². The number of carboxylic acid groups (broad SMARTS) is 1. The lowest BCUT2D eigenvalue weighted by Gasteiger charge is -2.21. The zero-order valence-corrected chi connectivity index (χ0v) is 13.8. The smallest absolute Gasteiger partial charge is 0.305 e. The van der Waals surface area contributed by atoms with E-state index < -0.39 is 5.97 Å². The fourth-order valence-corrected chi connectivity index (χ4v) is 2.32. The van der Waals surface area contributed by atoms with Crippen molar-refractivity contribution in [2.24, 2.45) is 0 Å². The van der Waals surface area contributed by atoms with Gasteiger partial charge in [0.05, 0.1) is 13.5 Å². The number of carbonyl (C=O) groups is 2. The summed E-state index contributed by atoms with van der Waals surface area (Å²) in [7, 11) is 1.54. The van der Waals surface area contributed by atoms with Gasteiger partial charge in [-0.3, -0.25) is 9.59 Å². The maximum absolute atomic E-state index is 12.2. The lowest BCUT2D eigenvalue weighted by Crippen LogP contribution is -2.31. The third kappa shape index (κ3) is 4.41. The van der Waals surface area contributed by atoms with Crippen LogP contribution in [-0.4, -0.2) is 55.3 Å². The molecule has 0 spiro atoms. The Hall–Kier alpha value is -2.70. The quantitative estimate of drug-likeness (QED) is 0.765. The number of benzene rings is 1. The van der Waals surface area contributed by atoms with Crippen molar-refractivity contribution in [1.29, 1.82) is 0 Å². The van der Waals surface area contributed by atoms with Crippen LogP contribution in [0.1, 0.15) is 18.9 Å². The standard InChI is InChI=1S/C17H21NO6/c1-3-18(7-6-16(20)21)15(19)5-4-12-10-13(22-2)17-14(11-12)23-8-9-24-17/h4-5,10-11H,3,6-9H2,1-2H3,(H,20,21). The maximum Gasteiger partial charge on any atom is 0.305 e. The van der Waals surface area contributed by atoms with E-state index in [4.69, 9.17) is 19.3 Å². The van der Waals surface area contributed by atoms with Crippen LogP contribution >= 0.6 is 0 Å². The number of nitrogens with zero attached hydrogens (tertiary/aromatic N) is 1. The number of ether oxygens (including phenoxy) is 3. The summed E-state index contributed by atoms with van der Waals surface area (Å²) in [6.45, 7) is 3.36. The van der Waals surface area contributed by atoms with Crippen LogP contribution < -0.4 is 14.2 Å². The van der Waals surface area contributed by atoms with Gasteiger partial charge in [0.25, 0.3) is 0 Å². The van der Waals surface area contributed by atoms with Crippen molar-refractivity contribution in [1.82, 2.24) is 4.90 Å². The fraction of sp³-hybridized carbons (Fsp3) is 0.412. The zero-order chi connectivity index (χ0) is 17.5. The van der Waals surface area contributed by atoms with Gasteiger partial charge in [-0.2, -0.15) is 0 Å². The fourth-order valence-electron chi connectivity index (χ4n) is 2.32. The second-order valence-electron chi connectivity index (χ2n) is 5.14. The number of hydrogen-bond donors (Lipinski definition) is 1. The summed E-state index contributed by atoms with van der Waals surface area (Å²) in [4.78, 5) is 24.3. The van der Waals surface area contributed by atoms with E-state index in [9.17, 15) is 9.59 Å². The van der Waals surface area contributed by atoms with Crippen molar-refractivity contribution in [2.75, 3.05) is 33.4 Å². The maximum atomic E-state index is 12.2. The van der Waals surface area contributed by atoms with Crippen LogP contribution in [0.3, 0.4) is 0 Å². The Labute approximate surface area is 140 Å². The van der Waals surface area contributed by atoms with Crippen LogP contribution in [-0.2, 0) is 9.59 Å². The highest BCUT2D eigenvalue weighted by molar-refractivity contribution is 5.92. The molecule has 1 N–H and O–H groups in total. The number of fused-ring (bicyclic) bond motifs is 1. The number of hydrogen-bond acceptors (Lipinski definition) is 5. The molecule has 0 fully saturated rings. The van der Waals surface area contributed by atoms with Gasteiger partial charge in [0.15, 0.2) is 11.5 Å². The Morgan fingerprint density at radius 3 is 2.75 bits per heavy atom. The first kappa shape index (κ1) is 17.7. The first-order chi connectivity index (χ1) is 11.5. The van der Waals surface area contributed by atoms with Crippen molar-refractivity contribution < 1.29 is 28.9 Å². The Bertz CT molecular complexity index is 623. The van der Waals surface area contributed by atoms with Crippen molar-refractivity contribution in [3.8, 4) is 17.2 Å². The van der Waals surface area contributed by atoms with Gasteiger partial charge in [-0.25, -0.2) is 0 Å². The molecule has 0 aromatic heterocycles. The predicted octanol–water partition coefficient (Wildman–Crippen LogP) is 1.80. The van der Waals surface area contributed by atoms with Gasteiger partial charge in [0.2, 0.25) is 11.7 Å². The average molecular weight is 335 g/mol. The molecule has 7 nitrogen and oxygen atoms in total. The molecular formula is C17H21NO6. The molecule has 1 aromatic rings. The molecule has 0 unspecified atom stereocenters. The molecule has 2 rings (SSSR count). The van der Waals surface area contributed by atoms with Crippen LogP contribution in [0.5, 0.6) is 17.2 Å². The molecule has 0 aliphatic carbocycles. The van der Waals surface area contributed by atoms with E-state index in [1.54, 1.807) is 25.1 Å². The summed E-state index contributed by atoms with van der Waals surface area (Å²) < 4.78 is 16.4. The SMILES string of the molecule is CCN(CCC(=O)O)C(=O)C=Cc1cc(OC)c2c(c1)OCCO2. The molecule has 0 atom stereocenters. The minimum absolute atomic E-state index is 0.0781. The van der Waals surface area contributed by atoms with Gasteiger partial charge < -0.3 is 24.2 Å². The number of amides is 1. The third-order valence-electron chi connectivity index (χ3n) is 3.56. The minimum atomic E-state index is -0.929. The topological polar surface area (TPSA) is 85.3 Å². The van der Waals surface area contributed by atoms with Gasteiger partial charge >= 0.3 is 5.97 Å². The van der Waals surface area contributed by atoms with Crippen LogP contribution in [0, 0.1) is 0 Å². The zero-order valence-electron chi connectivity index (χ0n) is 13.8. The van der Waals surface area contributed by atoms with Crippen molar-refractivity contribution in [3.63, 3.8) is 0 Å². The summed E-state index contributed by atoms with van der Waals surface area (Å²) in [6.07, 6.45) is 2.98. The van der Waals surface area contributed by atoms with E-state index in [-0.39, 0.29) is 18.9 Å². The highest BCUT2D eigenvalue weighted by Crippen LogP contribution is 2.40. The highest BCUT2D eigenvalue weighted by atomic mass is 16.6. The first-order valence-electron chi connectivity index (χ1n) is 7.71. The van der Waals surface area contributed by atoms with Crippen LogP contribution in [0.25, 0.3) is 6.08 Å². The molecule has 0 bridgehead atoms. The molecule has 1 aromatic carbocycles. The molecular weight excluding hydrogens is 314 g/mol. The van der Waals surface area contributed by atoms with Gasteiger partial charge in [-0.15, -0.1) is 0 Å². The predicted molar refractivity (Wildman–Crippen MR) is 87.5 cm³/mol. The summed E-state index contributed by atoms with van der Waals surface area (Å²) >= 11 is 0. The van der Waals surface area contributed by atoms with Crippen molar-refractivity contribution >= 4 is 18.0 Å². The molecule has 1 aliphatic heterocycles. The molecule has 1 amide bonds. The largest absolute Gasteiger partial charge is 0.493 e. The number of aliphatic carboxylic acids is 1. The van der Waals surface area contributed by atoms with Crippen molar-refractivity contribution in [2.45, 2.75) is 13.3 Å². The van der Waals surface area contributed by atoms with Gasteiger partial charge in [-0.05, 0) is 30.7 Å². The summed E-state index contributed by atoms with van der Waals surface area (Å²) in [6, 6.07) is 3.53. The van der Waals surface area contributed by atoms with E-state index in [0.717, 1.165) is 5.56 Å². The lowest BCUT2D eigenvalue weighted by molar-refractivity contribution is -0.137. The van der Waals surface area contributed by atoms with Crippen LogP contribution in [0.2, 0.25) is 0 Å².